The number of nitrogens with zero attached hydrogens (tertiary/aromatic N) is 3. The largest absolute Gasteiger partial charge is 0.508 e. The van der Waals surface area contributed by atoms with Gasteiger partial charge in [0.05, 0.1) is 30.1 Å². The molecule has 16 nitrogen and oxygen atoms in total. The van der Waals surface area contributed by atoms with Crippen LogP contribution in [-0.4, -0.2) is 95.5 Å². The molecule has 1 aromatic heterocycles. The van der Waals surface area contributed by atoms with Crippen LogP contribution >= 0.6 is 0 Å². The number of aromatic nitrogens is 3. The number of unbranched alkanes of at least 4 members (excludes halogenated alkanes) is 1. The molecule has 8 fully saturated rings. The van der Waals surface area contributed by atoms with Gasteiger partial charge in [0, 0.05) is 77.3 Å². The number of Topliss-reactive ketones (excluding diaryl/α,β-unsaturated/α-hetero) is 2. The molecule has 2 spiro atoms. The van der Waals surface area contributed by atoms with Crippen molar-refractivity contribution >= 4 is 23.5 Å². The van der Waals surface area contributed by atoms with Gasteiger partial charge in [-0.25, -0.2) is 4.79 Å². The number of aliphatic hydroxyl groups is 2. The molecule has 21 atom stereocenters. The van der Waals surface area contributed by atoms with Crippen LogP contribution in [-0.2, 0) is 52.1 Å². The fourth-order valence-corrected chi connectivity index (χ4v) is 19.0. The maximum absolute atomic E-state index is 14.8. The van der Waals surface area contributed by atoms with Gasteiger partial charge in [0.1, 0.15) is 58.7 Å². The Labute approximate surface area is 441 Å². The van der Waals surface area contributed by atoms with Gasteiger partial charge in [0.15, 0.2) is 17.2 Å². The van der Waals surface area contributed by atoms with E-state index in [4.69, 9.17) is 28.4 Å². The molecule has 3 unspecified atom stereocenters. The second kappa shape index (κ2) is 15.8. The van der Waals surface area contributed by atoms with E-state index in [0.29, 0.717) is 71.0 Å². The molecule has 2 saturated heterocycles. The molecule has 400 valence electrons. The van der Waals surface area contributed by atoms with Gasteiger partial charge in [-0.1, -0.05) is 71.9 Å². The SMILES string of the molecule is C[C@H]1[C@H]2C(C(OC(=O)CCCCn3cc(COc4ccc5c(c4)Oc4cc(O)ccc4C54OC(=O)c5ccccc54)nn3)[C@H]3[C@H]4[C@H]([C@H](C)[C@H](C)[C@]23C)[C@]2(C)[C@H](C[C@@H]3O[C@@H]3[C@@H]2C)C(=O)[C@@H]4O)[C@@]2(C)[C@](C)(O)C(=O)C[C@]23O[C@H]13. The summed E-state index contributed by atoms with van der Waals surface area (Å²) < 4.78 is 40.3. The highest BCUT2D eigenvalue weighted by atomic mass is 16.6. The summed E-state index contributed by atoms with van der Waals surface area (Å²) in [5.41, 5.74) is -3.14. The molecule has 16 heteroatoms. The quantitative estimate of drug-likeness (QED) is 0.0840. The maximum Gasteiger partial charge on any atom is 0.340 e. The Morgan fingerprint density at radius 3 is 2.39 bits per heavy atom. The van der Waals surface area contributed by atoms with Gasteiger partial charge in [-0.05, 0) is 103 Å². The van der Waals surface area contributed by atoms with Crippen LogP contribution in [0.4, 0.5) is 0 Å². The zero-order valence-electron chi connectivity index (χ0n) is 44.2. The van der Waals surface area contributed by atoms with E-state index in [0.717, 1.165) is 0 Å². The molecular formula is C60H67N3O13. The zero-order valence-corrected chi connectivity index (χ0v) is 44.2. The third kappa shape index (κ3) is 5.89. The van der Waals surface area contributed by atoms with Crippen LogP contribution in [0.25, 0.3) is 0 Å². The number of carbonyl (C=O) groups is 4. The molecular weight excluding hydrogens is 971 g/mol. The zero-order chi connectivity index (χ0) is 53.1. The van der Waals surface area contributed by atoms with Crippen molar-refractivity contribution in [2.24, 2.45) is 75.4 Å². The van der Waals surface area contributed by atoms with Crippen LogP contribution in [0.3, 0.4) is 0 Å². The molecule has 6 aliphatic carbocycles. The van der Waals surface area contributed by atoms with Crippen molar-refractivity contribution < 1.29 is 62.9 Å². The van der Waals surface area contributed by atoms with Gasteiger partial charge in [0.25, 0.3) is 0 Å². The minimum atomic E-state index is -1.76. The number of hydrogen-bond donors (Lipinski definition) is 3. The fraction of sp³-hybridized carbons (Fsp3) is 0.600. The Balaban J connectivity index is 0.692. The van der Waals surface area contributed by atoms with Crippen molar-refractivity contribution in [1.82, 2.24) is 15.0 Å². The molecule has 3 N–H and O–H groups in total. The topological polar surface area (TPSA) is 222 Å². The lowest BCUT2D eigenvalue weighted by Gasteiger charge is -2.66. The normalized spacial score (nSPS) is 45.1. The maximum atomic E-state index is 14.8. The molecule has 0 amide bonds. The summed E-state index contributed by atoms with van der Waals surface area (Å²) >= 11 is 0. The van der Waals surface area contributed by atoms with Gasteiger partial charge < -0.3 is 43.7 Å². The van der Waals surface area contributed by atoms with Crippen LogP contribution in [0.5, 0.6) is 23.0 Å². The first kappa shape index (κ1) is 48.7. The summed E-state index contributed by atoms with van der Waals surface area (Å²) in [4.78, 5) is 56.6. The molecule has 5 heterocycles. The lowest BCUT2D eigenvalue weighted by Crippen LogP contribution is -2.69. The van der Waals surface area contributed by atoms with E-state index < -0.39 is 74.9 Å². The highest BCUT2D eigenvalue weighted by Crippen LogP contribution is 2.82. The first-order valence-electron chi connectivity index (χ1n) is 27.6. The summed E-state index contributed by atoms with van der Waals surface area (Å²) in [6.45, 7) is 17.7. The van der Waals surface area contributed by atoms with Gasteiger partial charge in [-0.2, -0.15) is 0 Å². The summed E-state index contributed by atoms with van der Waals surface area (Å²) in [6.07, 6.45) is 1.45. The molecule has 3 aromatic carbocycles. The number of rotatable bonds is 9. The van der Waals surface area contributed by atoms with Gasteiger partial charge in [-0.3, -0.25) is 19.1 Å². The number of aliphatic hydroxyl groups excluding tert-OH is 1. The second-order valence-corrected chi connectivity index (χ2v) is 25.5. The molecule has 0 bridgehead atoms. The number of carbonyl (C=O) groups excluding carboxylic acids is 4. The summed E-state index contributed by atoms with van der Waals surface area (Å²) in [5.74, 6) is -1.79. The van der Waals surface area contributed by atoms with Crippen molar-refractivity contribution in [3.05, 3.63) is 94.8 Å². The lowest BCUT2D eigenvalue weighted by molar-refractivity contribution is -0.222. The highest BCUT2D eigenvalue weighted by Gasteiger charge is 2.90. The Hall–Kier alpha value is -5.68. The average molecular weight is 1040 g/mol. The standard InChI is InChI=1S/C60H67N3O13/c1-27-29(3)56(6)46-28(2)53-59(75-53)24-42(65)58(8,70)57(59,7)48(46)52(47(56)44-45(27)55(5)30(4)51-41(73-51)23-38(55)49(67)50(44)68)74-43(66)15-11-12-20-63-25-31(61-62-63)26-71-33-17-19-37-40(22-33)72-39-21-32(64)16-18-36(39)60(37)35-14-10-9-13-34(35)54(69)76-60/h9-10,13-14,16-19,21-22,25,27-30,38,41,44-48,50-53,64,68,70H,11-12,15,20,23-24,26H2,1-8H3/t27-,28+,29+,30+,38-,41+,44-,45+,46+,47-,48?,50-,51-,52?,53-,55+,56-,57+,58-,59-,60?/m1/s1. The number of phenols is 1. The van der Waals surface area contributed by atoms with E-state index in [9.17, 15) is 34.5 Å². The van der Waals surface area contributed by atoms with Gasteiger partial charge >= 0.3 is 11.9 Å². The molecule has 4 aliphatic heterocycles. The van der Waals surface area contributed by atoms with Crippen LogP contribution in [0.1, 0.15) is 120 Å². The first-order chi connectivity index (χ1) is 36.1. The van der Waals surface area contributed by atoms with Crippen molar-refractivity contribution in [3.63, 3.8) is 0 Å². The van der Waals surface area contributed by atoms with E-state index in [2.05, 4.69) is 51.9 Å². The van der Waals surface area contributed by atoms with Gasteiger partial charge in [0.2, 0.25) is 0 Å². The van der Waals surface area contributed by atoms with Crippen molar-refractivity contribution in [1.29, 1.82) is 0 Å². The van der Waals surface area contributed by atoms with E-state index in [-0.39, 0.29) is 96.5 Å². The Kier molecular flexibility index (Phi) is 10.1. The van der Waals surface area contributed by atoms with Crippen LogP contribution < -0.4 is 9.47 Å². The monoisotopic (exact) mass is 1040 g/mol. The number of ketones is 2. The first-order valence-corrected chi connectivity index (χ1v) is 27.6. The molecule has 6 saturated carbocycles. The predicted molar refractivity (Wildman–Crippen MR) is 269 cm³/mol. The van der Waals surface area contributed by atoms with Crippen molar-refractivity contribution in [2.45, 2.75) is 148 Å². The smallest absolute Gasteiger partial charge is 0.340 e. The summed E-state index contributed by atoms with van der Waals surface area (Å²) in [6, 6.07) is 17.3. The molecule has 14 rings (SSSR count). The third-order valence-corrected chi connectivity index (χ3v) is 23.0. The van der Waals surface area contributed by atoms with E-state index in [1.54, 1.807) is 54.2 Å². The Bertz CT molecular complexity index is 3190. The molecule has 10 aliphatic rings. The number of fused-ring (bicyclic) bond motifs is 15. The van der Waals surface area contributed by atoms with Crippen LogP contribution in [0.15, 0.2) is 66.9 Å². The number of epoxide rings is 2. The summed E-state index contributed by atoms with van der Waals surface area (Å²) in [7, 11) is 0. The molecule has 0 radical (unpaired) electrons. The van der Waals surface area contributed by atoms with Crippen LogP contribution in [0.2, 0.25) is 0 Å². The van der Waals surface area contributed by atoms with E-state index >= 15 is 0 Å². The third-order valence-electron chi connectivity index (χ3n) is 23.0. The summed E-state index contributed by atoms with van der Waals surface area (Å²) in [5, 5.41) is 44.2. The van der Waals surface area contributed by atoms with E-state index in [1.165, 1.54) is 6.07 Å². The number of ether oxygens (including phenoxy) is 6. The highest BCUT2D eigenvalue weighted by molar-refractivity contribution is 5.97. The van der Waals surface area contributed by atoms with Crippen molar-refractivity contribution in [3.8, 4) is 23.0 Å². The number of phenolic OH excluding ortho intramolecular Hbond substituents is 1. The van der Waals surface area contributed by atoms with Gasteiger partial charge in [-0.15, -0.1) is 5.10 Å². The number of aryl methyl sites for hydroxylation is 1. The molecule has 4 aromatic rings. The van der Waals surface area contributed by atoms with Crippen LogP contribution in [0, 0.1) is 75.4 Å². The average Bonchev–Trinajstić information content (AvgIpc) is 4.40. The Morgan fingerprint density at radius 1 is 0.855 bits per heavy atom. The second-order valence-electron chi connectivity index (χ2n) is 25.5. The Morgan fingerprint density at radius 2 is 1.61 bits per heavy atom. The predicted octanol–water partition coefficient (Wildman–Crippen LogP) is 7.49. The number of hydrogen-bond acceptors (Lipinski definition) is 15. The van der Waals surface area contributed by atoms with Crippen molar-refractivity contribution in [2.75, 3.05) is 0 Å². The number of benzene rings is 3. The lowest BCUT2D eigenvalue weighted by atomic mass is 9.37. The number of aromatic hydroxyl groups is 1. The van der Waals surface area contributed by atoms with E-state index in [1.807, 2.05) is 25.1 Å². The fourth-order valence-electron chi connectivity index (χ4n) is 19.0. The minimum absolute atomic E-state index is 0.00326. The molecule has 76 heavy (non-hydrogen) atoms. The number of esters is 2. The minimum Gasteiger partial charge on any atom is -0.508 e.